The molecule has 1 atom stereocenters. The molecule has 0 amide bonds. The van der Waals surface area contributed by atoms with E-state index >= 15 is 0 Å². The molecule has 3 heteroatoms. The van der Waals surface area contributed by atoms with Crippen molar-refractivity contribution < 1.29 is 4.39 Å². The van der Waals surface area contributed by atoms with Gasteiger partial charge in [0.1, 0.15) is 5.82 Å². The van der Waals surface area contributed by atoms with Gasteiger partial charge in [0.2, 0.25) is 0 Å². The Balaban J connectivity index is 2.09. The summed E-state index contributed by atoms with van der Waals surface area (Å²) in [4.78, 5) is 2.16. The van der Waals surface area contributed by atoms with Gasteiger partial charge in [0.25, 0.3) is 0 Å². The number of hydrogen-bond acceptors (Lipinski definition) is 2. The fourth-order valence-electron chi connectivity index (χ4n) is 2.72. The number of anilines is 2. The molecule has 0 aliphatic carbocycles. The third-order valence-electron chi connectivity index (χ3n) is 3.66. The summed E-state index contributed by atoms with van der Waals surface area (Å²) in [5.41, 5.74) is 10.4. The van der Waals surface area contributed by atoms with Crippen LogP contribution in [0.2, 0.25) is 0 Å². The Bertz CT molecular complexity index is 607. The van der Waals surface area contributed by atoms with Crippen LogP contribution in [0.1, 0.15) is 24.1 Å². The standard InChI is InChI=1S/C16H17FN2/c1-11(18)14-4-2-3-5-15(14)19-9-8-12-6-7-13(17)10-16(12)19/h2-7,10-11H,8-9,18H2,1H3/t11-/m0/s1. The highest BCUT2D eigenvalue weighted by molar-refractivity contribution is 5.72. The summed E-state index contributed by atoms with van der Waals surface area (Å²) in [5, 5.41) is 0. The van der Waals surface area contributed by atoms with E-state index in [1.54, 1.807) is 6.07 Å². The van der Waals surface area contributed by atoms with Gasteiger partial charge in [0, 0.05) is 24.0 Å². The summed E-state index contributed by atoms with van der Waals surface area (Å²) in [6, 6.07) is 13.1. The second-order valence-corrected chi connectivity index (χ2v) is 5.02. The molecule has 1 aliphatic rings. The average molecular weight is 256 g/mol. The van der Waals surface area contributed by atoms with E-state index in [1.165, 1.54) is 11.6 Å². The van der Waals surface area contributed by atoms with Crippen LogP contribution in [0, 0.1) is 5.82 Å². The van der Waals surface area contributed by atoms with Gasteiger partial charge in [0.05, 0.1) is 0 Å². The van der Waals surface area contributed by atoms with E-state index in [0.29, 0.717) is 0 Å². The lowest BCUT2D eigenvalue weighted by Gasteiger charge is -2.24. The first-order chi connectivity index (χ1) is 9.16. The quantitative estimate of drug-likeness (QED) is 0.890. The number of hydrogen-bond donors (Lipinski definition) is 1. The minimum absolute atomic E-state index is 0.0335. The van der Waals surface area contributed by atoms with Crippen LogP contribution in [0.15, 0.2) is 42.5 Å². The number of para-hydroxylation sites is 1. The SMILES string of the molecule is C[C@H](N)c1ccccc1N1CCc2ccc(F)cc21. The van der Waals surface area contributed by atoms with Gasteiger partial charge in [-0.25, -0.2) is 4.39 Å². The summed E-state index contributed by atoms with van der Waals surface area (Å²) in [5.74, 6) is -0.191. The number of halogens is 1. The zero-order chi connectivity index (χ0) is 13.4. The summed E-state index contributed by atoms with van der Waals surface area (Å²) < 4.78 is 13.5. The lowest BCUT2D eigenvalue weighted by Crippen LogP contribution is -2.18. The monoisotopic (exact) mass is 256 g/mol. The summed E-state index contributed by atoms with van der Waals surface area (Å²) >= 11 is 0. The zero-order valence-corrected chi connectivity index (χ0v) is 10.9. The van der Waals surface area contributed by atoms with Gasteiger partial charge >= 0.3 is 0 Å². The third-order valence-corrected chi connectivity index (χ3v) is 3.66. The van der Waals surface area contributed by atoms with E-state index in [4.69, 9.17) is 5.73 Å². The van der Waals surface area contributed by atoms with Crippen LogP contribution in [0.25, 0.3) is 0 Å². The van der Waals surface area contributed by atoms with Gasteiger partial charge in [-0.3, -0.25) is 0 Å². The molecular weight excluding hydrogens is 239 g/mol. The first kappa shape index (κ1) is 12.2. The van der Waals surface area contributed by atoms with E-state index in [9.17, 15) is 4.39 Å². The van der Waals surface area contributed by atoms with Gasteiger partial charge in [0.15, 0.2) is 0 Å². The fourth-order valence-corrected chi connectivity index (χ4v) is 2.72. The molecule has 0 aromatic heterocycles. The van der Waals surface area contributed by atoms with Crippen molar-refractivity contribution in [3.8, 4) is 0 Å². The molecule has 2 aromatic carbocycles. The fraction of sp³-hybridized carbons (Fsp3) is 0.250. The topological polar surface area (TPSA) is 29.3 Å². The number of benzene rings is 2. The molecule has 3 rings (SSSR count). The maximum atomic E-state index is 13.5. The predicted molar refractivity (Wildman–Crippen MR) is 76.2 cm³/mol. The van der Waals surface area contributed by atoms with Crippen LogP contribution < -0.4 is 10.6 Å². The van der Waals surface area contributed by atoms with Crippen molar-refractivity contribution in [3.63, 3.8) is 0 Å². The van der Waals surface area contributed by atoms with Crippen LogP contribution in [-0.4, -0.2) is 6.54 Å². The Morgan fingerprint density at radius 3 is 2.74 bits per heavy atom. The highest BCUT2D eigenvalue weighted by Gasteiger charge is 2.23. The van der Waals surface area contributed by atoms with Crippen LogP contribution in [0.4, 0.5) is 15.8 Å². The zero-order valence-electron chi connectivity index (χ0n) is 10.9. The highest BCUT2D eigenvalue weighted by atomic mass is 19.1. The van der Waals surface area contributed by atoms with E-state index in [1.807, 2.05) is 31.2 Å². The van der Waals surface area contributed by atoms with Crippen molar-refractivity contribution in [2.75, 3.05) is 11.4 Å². The molecule has 0 saturated heterocycles. The van der Waals surface area contributed by atoms with Gasteiger partial charge in [-0.05, 0) is 42.7 Å². The summed E-state index contributed by atoms with van der Waals surface area (Å²) in [7, 11) is 0. The van der Waals surface area contributed by atoms with Crippen LogP contribution >= 0.6 is 0 Å². The van der Waals surface area contributed by atoms with E-state index in [0.717, 1.165) is 29.9 Å². The molecule has 2 nitrogen and oxygen atoms in total. The molecule has 1 heterocycles. The van der Waals surface area contributed by atoms with E-state index in [-0.39, 0.29) is 11.9 Å². The molecule has 2 aromatic rings. The normalized spacial score (nSPS) is 15.4. The second-order valence-electron chi connectivity index (χ2n) is 5.02. The van der Waals surface area contributed by atoms with Crippen molar-refractivity contribution in [3.05, 3.63) is 59.4 Å². The third kappa shape index (κ3) is 2.10. The lowest BCUT2D eigenvalue weighted by atomic mass is 10.1. The lowest BCUT2D eigenvalue weighted by molar-refractivity contribution is 0.628. The molecule has 1 aliphatic heterocycles. The Morgan fingerprint density at radius 1 is 1.16 bits per heavy atom. The Morgan fingerprint density at radius 2 is 1.95 bits per heavy atom. The molecule has 0 fully saturated rings. The molecule has 2 N–H and O–H groups in total. The van der Waals surface area contributed by atoms with Crippen LogP contribution in [-0.2, 0) is 6.42 Å². The van der Waals surface area contributed by atoms with Gasteiger partial charge in [-0.15, -0.1) is 0 Å². The number of nitrogens with two attached hydrogens (primary N) is 1. The minimum atomic E-state index is -0.191. The van der Waals surface area contributed by atoms with Gasteiger partial charge in [-0.2, -0.15) is 0 Å². The van der Waals surface area contributed by atoms with Gasteiger partial charge < -0.3 is 10.6 Å². The van der Waals surface area contributed by atoms with E-state index in [2.05, 4.69) is 11.0 Å². The van der Waals surface area contributed by atoms with Crippen molar-refractivity contribution in [1.29, 1.82) is 0 Å². The minimum Gasteiger partial charge on any atom is -0.341 e. The maximum Gasteiger partial charge on any atom is 0.125 e. The van der Waals surface area contributed by atoms with Crippen molar-refractivity contribution in [2.45, 2.75) is 19.4 Å². The summed E-state index contributed by atoms with van der Waals surface area (Å²) in [6.07, 6.45) is 0.947. The molecule has 0 radical (unpaired) electrons. The second kappa shape index (κ2) is 4.67. The van der Waals surface area contributed by atoms with Crippen molar-refractivity contribution >= 4 is 11.4 Å². The number of fused-ring (bicyclic) bond motifs is 1. The largest absolute Gasteiger partial charge is 0.341 e. The molecule has 0 saturated carbocycles. The van der Waals surface area contributed by atoms with Crippen molar-refractivity contribution in [2.24, 2.45) is 5.73 Å². The maximum absolute atomic E-state index is 13.5. The first-order valence-electron chi connectivity index (χ1n) is 6.57. The molecule has 0 bridgehead atoms. The Labute approximate surface area is 112 Å². The van der Waals surface area contributed by atoms with E-state index < -0.39 is 0 Å². The Kier molecular flexibility index (Phi) is 2.99. The first-order valence-corrected chi connectivity index (χ1v) is 6.57. The number of nitrogens with zero attached hydrogens (tertiary/aromatic N) is 1. The average Bonchev–Trinajstić information content (AvgIpc) is 2.81. The predicted octanol–water partition coefficient (Wildman–Crippen LogP) is 3.54. The highest BCUT2D eigenvalue weighted by Crippen LogP contribution is 2.37. The van der Waals surface area contributed by atoms with Crippen molar-refractivity contribution in [1.82, 2.24) is 0 Å². The summed E-state index contributed by atoms with van der Waals surface area (Å²) in [6.45, 7) is 2.85. The van der Waals surface area contributed by atoms with Crippen LogP contribution in [0.3, 0.4) is 0 Å². The molecule has 0 unspecified atom stereocenters. The number of rotatable bonds is 2. The Hall–Kier alpha value is -1.87. The molecule has 19 heavy (non-hydrogen) atoms. The van der Waals surface area contributed by atoms with Crippen LogP contribution in [0.5, 0.6) is 0 Å². The molecule has 0 spiro atoms. The smallest absolute Gasteiger partial charge is 0.125 e. The molecular formula is C16H17FN2. The van der Waals surface area contributed by atoms with Gasteiger partial charge in [-0.1, -0.05) is 24.3 Å². The molecule has 98 valence electrons.